The Bertz CT molecular complexity index is 278. The lowest BCUT2D eigenvalue weighted by Crippen LogP contribution is -2.36. The van der Waals surface area contributed by atoms with E-state index in [-0.39, 0.29) is 11.6 Å². The zero-order valence-electron chi connectivity index (χ0n) is 9.17. The molecule has 1 aliphatic rings. The number of allylic oxidation sites excluding steroid dienone is 2. The SMILES string of the molecule is CC(=O)/C=C/[C@@]1(C)C(=O)CCC[C@@H]1C. The van der Waals surface area contributed by atoms with Gasteiger partial charge >= 0.3 is 0 Å². The number of rotatable bonds is 2. The van der Waals surface area contributed by atoms with Gasteiger partial charge in [-0.1, -0.05) is 13.0 Å². The van der Waals surface area contributed by atoms with Crippen LogP contribution in [0.1, 0.15) is 40.0 Å². The Morgan fingerprint density at radius 2 is 2.21 bits per heavy atom. The van der Waals surface area contributed by atoms with Crippen LogP contribution >= 0.6 is 0 Å². The molecule has 2 atom stereocenters. The summed E-state index contributed by atoms with van der Waals surface area (Å²) >= 11 is 0. The van der Waals surface area contributed by atoms with E-state index in [4.69, 9.17) is 0 Å². The van der Waals surface area contributed by atoms with E-state index >= 15 is 0 Å². The van der Waals surface area contributed by atoms with E-state index in [0.29, 0.717) is 12.3 Å². The van der Waals surface area contributed by atoms with Gasteiger partial charge in [0, 0.05) is 11.8 Å². The lowest BCUT2D eigenvalue weighted by atomic mass is 9.67. The second-order valence-electron chi connectivity index (χ2n) is 4.44. The Balaban J connectivity index is 2.87. The van der Waals surface area contributed by atoms with Crippen LogP contribution in [0.5, 0.6) is 0 Å². The lowest BCUT2D eigenvalue weighted by molar-refractivity contribution is -0.130. The van der Waals surface area contributed by atoms with Gasteiger partial charge in [0.1, 0.15) is 5.78 Å². The minimum atomic E-state index is -0.413. The molecule has 0 amide bonds. The Kier molecular flexibility index (Phi) is 3.25. The highest BCUT2D eigenvalue weighted by molar-refractivity contribution is 5.91. The minimum absolute atomic E-state index is 0.0109. The number of Topliss-reactive ketones (excluding diaryl/α,β-unsaturated/α-hetero) is 1. The van der Waals surface area contributed by atoms with Crippen LogP contribution in [0.25, 0.3) is 0 Å². The second-order valence-corrected chi connectivity index (χ2v) is 4.44. The van der Waals surface area contributed by atoms with Crippen LogP contribution < -0.4 is 0 Å². The van der Waals surface area contributed by atoms with Gasteiger partial charge in [-0.2, -0.15) is 0 Å². The molecule has 0 aromatic rings. The fourth-order valence-electron chi connectivity index (χ4n) is 1.96. The lowest BCUT2D eigenvalue weighted by Gasteiger charge is -2.35. The summed E-state index contributed by atoms with van der Waals surface area (Å²) in [5, 5.41) is 0. The van der Waals surface area contributed by atoms with Crippen LogP contribution in [0.2, 0.25) is 0 Å². The molecule has 0 unspecified atom stereocenters. The molecule has 0 radical (unpaired) electrons. The van der Waals surface area contributed by atoms with Gasteiger partial charge in [-0.15, -0.1) is 0 Å². The molecule has 0 aliphatic heterocycles. The molecule has 78 valence electrons. The average molecular weight is 194 g/mol. The summed E-state index contributed by atoms with van der Waals surface area (Å²) in [7, 11) is 0. The van der Waals surface area contributed by atoms with E-state index in [0.717, 1.165) is 12.8 Å². The molecule has 0 N–H and O–H groups in total. The highest BCUT2D eigenvalue weighted by Gasteiger charge is 2.38. The van der Waals surface area contributed by atoms with Crippen molar-refractivity contribution >= 4 is 11.6 Å². The third-order valence-corrected chi connectivity index (χ3v) is 3.33. The number of carbonyl (C=O) groups excluding carboxylic acids is 2. The summed E-state index contributed by atoms with van der Waals surface area (Å²) in [4.78, 5) is 22.6. The maximum Gasteiger partial charge on any atom is 0.152 e. The quantitative estimate of drug-likeness (QED) is 0.633. The normalized spacial score (nSPS) is 33.6. The first-order valence-corrected chi connectivity index (χ1v) is 5.20. The Morgan fingerprint density at radius 3 is 2.71 bits per heavy atom. The molecule has 1 rings (SSSR count). The van der Waals surface area contributed by atoms with E-state index in [1.807, 2.05) is 6.92 Å². The molecule has 0 saturated heterocycles. The van der Waals surface area contributed by atoms with Crippen molar-refractivity contribution in [3.8, 4) is 0 Å². The Morgan fingerprint density at radius 1 is 1.57 bits per heavy atom. The van der Waals surface area contributed by atoms with Crippen molar-refractivity contribution < 1.29 is 9.59 Å². The first-order chi connectivity index (χ1) is 6.47. The molecule has 14 heavy (non-hydrogen) atoms. The van der Waals surface area contributed by atoms with Crippen molar-refractivity contribution in [3.05, 3.63) is 12.2 Å². The van der Waals surface area contributed by atoms with Crippen LogP contribution in [-0.4, -0.2) is 11.6 Å². The van der Waals surface area contributed by atoms with Gasteiger partial charge in [-0.3, -0.25) is 9.59 Å². The Labute approximate surface area is 85.4 Å². The maximum atomic E-state index is 11.8. The van der Waals surface area contributed by atoms with Crippen LogP contribution in [-0.2, 0) is 9.59 Å². The summed E-state index contributed by atoms with van der Waals surface area (Å²) in [5.41, 5.74) is -0.413. The van der Waals surface area contributed by atoms with Gasteiger partial charge in [-0.25, -0.2) is 0 Å². The molecular weight excluding hydrogens is 176 g/mol. The minimum Gasteiger partial charge on any atom is -0.299 e. The van der Waals surface area contributed by atoms with E-state index in [9.17, 15) is 9.59 Å². The molecule has 0 bridgehead atoms. The molecular formula is C12H18O2. The molecule has 1 fully saturated rings. The summed E-state index contributed by atoms with van der Waals surface area (Å²) in [6.45, 7) is 5.54. The number of carbonyl (C=O) groups is 2. The van der Waals surface area contributed by atoms with Gasteiger partial charge in [0.25, 0.3) is 0 Å². The maximum absolute atomic E-state index is 11.8. The molecule has 1 aliphatic carbocycles. The van der Waals surface area contributed by atoms with Crippen LogP contribution in [0, 0.1) is 11.3 Å². The first-order valence-electron chi connectivity index (χ1n) is 5.20. The fraction of sp³-hybridized carbons (Fsp3) is 0.667. The first kappa shape index (κ1) is 11.2. The van der Waals surface area contributed by atoms with Crippen LogP contribution in [0.3, 0.4) is 0 Å². The highest BCUT2D eigenvalue weighted by atomic mass is 16.1. The topological polar surface area (TPSA) is 34.1 Å². The number of ketones is 2. The van der Waals surface area contributed by atoms with Gasteiger partial charge in [-0.05, 0) is 38.7 Å². The largest absolute Gasteiger partial charge is 0.299 e. The summed E-state index contributed by atoms with van der Waals surface area (Å²) in [6, 6.07) is 0. The number of hydrogen-bond acceptors (Lipinski definition) is 2. The standard InChI is InChI=1S/C12H18O2/c1-9-5-4-6-11(14)12(9,3)8-7-10(2)13/h7-9H,4-6H2,1-3H3/b8-7+/t9-,12+/m0/s1. The van der Waals surface area contributed by atoms with E-state index in [1.54, 1.807) is 6.08 Å². The van der Waals surface area contributed by atoms with E-state index in [2.05, 4.69) is 6.92 Å². The van der Waals surface area contributed by atoms with Crippen molar-refractivity contribution in [1.82, 2.24) is 0 Å². The molecule has 0 spiro atoms. The molecule has 1 saturated carbocycles. The van der Waals surface area contributed by atoms with E-state index in [1.165, 1.54) is 13.0 Å². The van der Waals surface area contributed by atoms with E-state index < -0.39 is 5.41 Å². The fourth-order valence-corrected chi connectivity index (χ4v) is 1.96. The Hall–Kier alpha value is -0.920. The van der Waals surface area contributed by atoms with Crippen molar-refractivity contribution in [1.29, 1.82) is 0 Å². The molecule has 0 heterocycles. The predicted molar refractivity (Wildman–Crippen MR) is 56.0 cm³/mol. The van der Waals surface area contributed by atoms with Gasteiger partial charge < -0.3 is 0 Å². The third kappa shape index (κ3) is 2.11. The van der Waals surface area contributed by atoms with Crippen molar-refractivity contribution in [3.63, 3.8) is 0 Å². The zero-order valence-corrected chi connectivity index (χ0v) is 9.17. The predicted octanol–water partition coefficient (Wildman–Crippen LogP) is 2.53. The van der Waals surface area contributed by atoms with Gasteiger partial charge in [0.2, 0.25) is 0 Å². The van der Waals surface area contributed by atoms with Crippen molar-refractivity contribution in [2.75, 3.05) is 0 Å². The number of hydrogen-bond donors (Lipinski definition) is 0. The van der Waals surface area contributed by atoms with Crippen molar-refractivity contribution in [2.45, 2.75) is 40.0 Å². The van der Waals surface area contributed by atoms with Gasteiger partial charge in [0.15, 0.2) is 5.78 Å². The molecule has 2 heteroatoms. The zero-order chi connectivity index (χ0) is 10.8. The highest BCUT2D eigenvalue weighted by Crippen LogP contribution is 2.39. The summed E-state index contributed by atoms with van der Waals surface area (Å²) < 4.78 is 0. The molecule has 2 nitrogen and oxygen atoms in total. The smallest absolute Gasteiger partial charge is 0.152 e. The summed E-state index contributed by atoms with van der Waals surface area (Å²) in [5.74, 6) is 0.630. The monoisotopic (exact) mass is 194 g/mol. The summed E-state index contributed by atoms with van der Waals surface area (Å²) in [6.07, 6.45) is 6.04. The van der Waals surface area contributed by atoms with Crippen LogP contribution in [0.15, 0.2) is 12.2 Å². The van der Waals surface area contributed by atoms with Crippen molar-refractivity contribution in [2.24, 2.45) is 11.3 Å². The second kappa shape index (κ2) is 4.07. The van der Waals surface area contributed by atoms with Crippen LogP contribution in [0.4, 0.5) is 0 Å². The molecule has 0 aromatic carbocycles. The van der Waals surface area contributed by atoms with Gasteiger partial charge in [0.05, 0.1) is 0 Å². The average Bonchev–Trinajstić information content (AvgIpc) is 2.11. The third-order valence-electron chi connectivity index (χ3n) is 3.33. The molecule has 0 aromatic heterocycles.